The molecular formula is C15H28. The minimum absolute atomic E-state index is 0.909. The number of hydrogen-bond donors (Lipinski definition) is 0. The van der Waals surface area contributed by atoms with Crippen LogP contribution in [0.3, 0.4) is 0 Å². The lowest BCUT2D eigenvalue weighted by Crippen LogP contribution is -2.03. The first kappa shape index (κ1) is 11.5. The summed E-state index contributed by atoms with van der Waals surface area (Å²) in [4.78, 5) is 0. The highest BCUT2D eigenvalue weighted by atomic mass is 14.6. The molecule has 0 bridgehead atoms. The van der Waals surface area contributed by atoms with Crippen LogP contribution in [0.15, 0.2) is 0 Å². The molecule has 2 fully saturated rings. The Hall–Kier alpha value is 0. The van der Waals surface area contributed by atoms with Crippen LogP contribution in [0.25, 0.3) is 0 Å². The monoisotopic (exact) mass is 208 g/mol. The summed E-state index contributed by atoms with van der Waals surface area (Å²) in [6.45, 7) is 14.6. The highest BCUT2D eigenvalue weighted by Gasteiger charge is 2.52. The van der Waals surface area contributed by atoms with Crippen molar-refractivity contribution in [1.29, 1.82) is 0 Å². The van der Waals surface area contributed by atoms with Crippen molar-refractivity contribution < 1.29 is 0 Å². The molecule has 2 aliphatic rings. The zero-order valence-corrected chi connectivity index (χ0v) is 11.3. The van der Waals surface area contributed by atoms with Crippen molar-refractivity contribution in [3.8, 4) is 0 Å². The quantitative estimate of drug-likeness (QED) is 0.640. The summed E-state index contributed by atoms with van der Waals surface area (Å²) in [6.07, 6.45) is 1.50. The fourth-order valence-electron chi connectivity index (χ4n) is 4.38. The van der Waals surface area contributed by atoms with Gasteiger partial charge in [-0.3, -0.25) is 0 Å². The molecule has 0 aromatic rings. The van der Waals surface area contributed by atoms with E-state index in [1.807, 2.05) is 0 Å². The Morgan fingerprint density at radius 1 is 0.800 bits per heavy atom. The Labute approximate surface area is 95.8 Å². The Kier molecular flexibility index (Phi) is 2.90. The molecule has 0 nitrogen and oxygen atoms in total. The molecule has 2 aliphatic carbocycles. The molecular weight excluding hydrogens is 180 g/mol. The fourth-order valence-corrected chi connectivity index (χ4v) is 4.38. The molecule has 0 heterocycles. The third-order valence-corrected chi connectivity index (χ3v) is 5.61. The first-order valence-corrected chi connectivity index (χ1v) is 6.95. The maximum absolute atomic E-state index is 2.49. The lowest BCUT2D eigenvalue weighted by Gasteiger charge is -2.11. The third-order valence-electron chi connectivity index (χ3n) is 5.61. The smallest absolute Gasteiger partial charge is 0.0331 e. The predicted molar refractivity (Wildman–Crippen MR) is 66.6 cm³/mol. The van der Waals surface area contributed by atoms with Crippen molar-refractivity contribution in [1.82, 2.24) is 0 Å². The Morgan fingerprint density at radius 2 is 1.33 bits per heavy atom. The van der Waals surface area contributed by atoms with E-state index in [-0.39, 0.29) is 0 Å². The van der Waals surface area contributed by atoms with Crippen LogP contribution in [0.4, 0.5) is 0 Å². The molecule has 0 heteroatoms. The van der Waals surface area contributed by atoms with Crippen molar-refractivity contribution in [3.05, 3.63) is 0 Å². The van der Waals surface area contributed by atoms with Crippen LogP contribution in [0.2, 0.25) is 0 Å². The van der Waals surface area contributed by atoms with E-state index in [9.17, 15) is 0 Å². The van der Waals surface area contributed by atoms with Crippen LogP contribution in [0.1, 0.15) is 48.0 Å². The third kappa shape index (κ3) is 1.97. The van der Waals surface area contributed by atoms with Crippen LogP contribution in [-0.2, 0) is 0 Å². The lowest BCUT2D eigenvalue weighted by molar-refractivity contribution is 0.383. The first-order valence-electron chi connectivity index (χ1n) is 6.95. The standard InChI is InChI=1S/C15H28/c1-8(2)14-12(6)13(14)7-9(3)15-10(4)11(15)5/h8-15H,7H2,1-6H3. The summed E-state index contributed by atoms with van der Waals surface area (Å²) < 4.78 is 0. The summed E-state index contributed by atoms with van der Waals surface area (Å²) in [5.41, 5.74) is 0. The van der Waals surface area contributed by atoms with E-state index in [1.54, 1.807) is 0 Å². The van der Waals surface area contributed by atoms with E-state index in [0.29, 0.717) is 0 Å². The Balaban J connectivity index is 1.79. The highest BCUT2D eigenvalue weighted by molar-refractivity contribution is 5.00. The normalized spacial score (nSPS) is 50.6. The zero-order valence-electron chi connectivity index (χ0n) is 11.3. The van der Waals surface area contributed by atoms with E-state index in [1.165, 1.54) is 6.42 Å². The van der Waals surface area contributed by atoms with Crippen molar-refractivity contribution in [2.75, 3.05) is 0 Å². The highest BCUT2D eigenvalue weighted by Crippen LogP contribution is 2.58. The van der Waals surface area contributed by atoms with Gasteiger partial charge in [0.1, 0.15) is 0 Å². The van der Waals surface area contributed by atoms with Gasteiger partial charge in [-0.2, -0.15) is 0 Å². The van der Waals surface area contributed by atoms with E-state index in [0.717, 1.165) is 47.3 Å². The SMILES string of the molecule is CC(C)C1C(C)C1CC(C)C1C(C)C1C. The van der Waals surface area contributed by atoms with Gasteiger partial charge < -0.3 is 0 Å². The van der Waals surface area contributed by atoms with Crippen LogP contribution in [-0.4, -0.2) is 0 Å². The van der Waals surface area contributed by atoms with Gasteiger partial charge in [-0.25, -0.2) is 0 Å². The van der Waals surface area contributed by atoms with Gasteiger partial charge in [0.15, 0.2) is 0 Å². The van der Waals surface area contributed by atoms with Crippen molar-refractivity contribution in [2.45, 2.75) is 48.0 Å². The molecule has 2 saturated carbocycles. The summed E-state index contributed by atoms with van der Waals surface area (Å²) >= 11 is 0. The maximum Gasteiger partial charge on any atom is -0.0331 e. The average Bonchev–Trinajstić information content (AvgIpc) is 2.93. The van der Waals surface area contributed by atoms with Gasteiger partial charge in [0.2, 0.25) is 0 Å². The van der Waals surface area contributed by atoms with E-state index in [2.05, 4.69) is 41.5 Å². The fraction of sp³-hybridized carbons (Fsp3) is 1.00. The molecule has 0 radical (unpaired) electrons. The van der Waals surface area contributed by atoms with Gasteiger partial charge in [0, 0.05) is 0 Å². The van der Waals surface area contributed by atoms with Crippen molar-refractivity contribution in [3.63, 3.8) is 0 Å². The van der Waals surface area contributed by atoms with Gasteiger partial charge in [-0.05, 0) is 53.8 Å². The Bertz CT molecular complexity index is 213. The predicted octanol–water partition coefficient (Wildman–Crippen LogP) is 4.45. The van der Waals surface area contributed by atoms with Crippen LogP contribution in [0.5, 0.6) is 0 Å². The molecule has 0 aromatic carbocycles. The van der Waals surface area contributed by atoms with E-state index < -0.39 is 0 Å². The molecule has 0 N–H and O–H groups in total. The second-order valence-corrected chi connectivity index (χ2v) is 6.85. The number of hydrogen-bond acceptors (Lipinski definition) is 0. The van der Waals surface area contributed by atoms with Crippen LogP contribution < -0.4 is 0 Å². The minimum atomic E-state index is 0.909. The molecule has 0 spiro atoms. The van der Waals surface area contributed by atoms with Gasteiger partial charge in [0.05, 0.1) is 0 Å². The van der Waals surface area contributed by atoms with E-state index >= 15 is 0 Å². The molecule has 6 atom stereocenters. The summed E-state index contributed by atoms with van der Waals surface area (Å²) in [5, 5.41) is 0. The van der Waals surface area contributed by atoms with Gasteiger partial charge in [-0.15, -0.1) is 0 Å². The summed E-state index contributed by atoms with van der Waals surface area (Å²) in [7, 11) is 0. The first-order chi connectivity index (χ1) is 6.95. The molecule has 15 heavy (non-hydrogen) atoms. The zero-order chi connectivity index (χ0) is 11.3. The van der Waals surface area contributed by atoms with Crippen molar-refractivity contribution >= 4 is 0 Å². The molecule has 0 saturated heterocycles. The van der Waals surface area contributed by atoms with Crippen LogP contribution >= 0.6 is 0 Å². The molecule has 0 aliphatic heterocycles. The van der Waals surface area contributed by atoms with Gasteiger partial charge in [0.25, 0.3) is 0 Å². The van der Waals surface area contributed by atoms with Gasteiger partial charge >= 0.3 is 0 Å². The van der Waals surface area contributed by atoms with Crippen LogP contribution in [0, 0.1) is 47.3 Å². The molecule has 2 rings (SSSR count). The maximum atomic E-state index is 2.49. The average molecular weight is 208 g/mol. The molecule has 6 unspecified atom stereocenters. The second kappa shape index (κ2) is 3.79. The summed E-state index contributed by atoms with van der Waals surface area (Å²) in [5.74, 6) is 8.05. The largest absolute Gasteiger partial charge is 0.0625 e. The van der Waals surface area contributed by atoms with Crippen molar-refractivity contribution in [2.24, 2.45) is 47.3 Å². The second-order valence-electron chi connectivity index (χ2n) is 6.85. The Morgan fingerprint density at radius 3 is 1.67 bits per heavy atom. The topological polar surface area (TPSA) is 0 Å². The molecule has 88 valence electrons. The van der Waals surface area contributed by atoms with Gasteiger partial charge in [-0.1, -0.05) is 41.5 Å². The number of rotatable bonds is 4. The molecule has 0 amide bonds. The lowest BCUT2D eigenvalue weighted by atomic mass is 9.94. The summed E-state index contributed by atoms with van der Waals surface area (Å²) in [6, 6.07) is 0. The van der Waals surface area contributed by atoms with E-state index in [4.69, 9.17) is 0 Å². The molecule has 0 aromatic heterocycles. The minimum Gasteiger partial charge on any atom is -0.0625 e.